The van der Waals surface area contributed by atoms with E-state index in [9.17, 15) is 228 Å². The Morgan fingerprint density at radius 3 is 0.416 bits per heavy atom. The molecule has 0 saturated heterocycles. The molecule has 0 N–H and O–H groups in total. The number of hydrogen-bond donors (Lipinski definition) is 0. The fraction of sp³-hybridized carbons (Fsp3) is 0.471. The van der Waals surface area contributed by atoms with E-state index in [1.165, 1.54) is 60.7 Å². The Kier molecular flexibility index (Phi) is 32.8. The third-order valence-corrected chi connectivity index (χ3v) is 23.5. The Morgan fingerprint density at radius 2 is 0.288 bits per heavy atom. The Bertz CT molecular complexity index is 3940. The summed E-state index contributed by atoms with van der Waals surface area (Å²) in [6.07, 6.45) is -46.1. The predicted molar refractivity (Wildman–Crippen MR) is 341 cm³/mol. The second-order valence-corrected chi connectivity index (χ2v) is 34.6. The Morgan fingerprint density at radius 1 is 0.168 bits per heavy atom. The molecular weight excluding hydrogens is 2130 g/mol. The maximum absolute atomic E-state index is 14.3. The number of hydrogen-bond acceptors (Lipinski definition) is 0. The second kappa shape index (κ2) is 36.9. The molecule has 0 nitrogen and oxygen atoms in total. The first-order chi connectivity index (χ1) is 55.6. The van der Waals surface area contributed by atoms with Crippen molar-refractivity contribution >= 4 is 66.5 Å². The number of rotatable bonds is 34. The molecule has 6 aromatic rings. The monoisotopic (exact) mass is 2180 g/mol. The average Bonchev–Trinajstić information content (AvgIpc) is 0.724. The minimum absolute atomic E-state index is 0.204. The van der Waals surface area contributed by atoms with Crippen LogP contribution in [0, 0.1) is 0 Å². The van der Waals surface area contributed by atoms with Crippen LogP contribution in [0.25, 0.3) is 0 Å². The van der Waals surface area contributed by atoms with Gasteiger partial charge in [-0.25, -0.2) is 0 Å². The summed E-state index contributed by atoms with van der Waals surface area (Å²) in [5, 5.41) is 1.65. The molecule has 6 rings (SSSR count). The third kappa shape index (κ3) is 20.5. The summed E-state index contributed by atoms with van der Waals surface area (Å²) >= 11 is -0.472. The normalized spacial score (nSPS) is 14.9. The zero-order chi connectivity index (χ0) is 97.7. The zero-order valence-corrected chi connectivity index (χ0v) is 65.2. The predicted octanol–water partition coefficient (Wildman–Crippen LogP) is 26.4. The van der Waals surface area contributed by atoms with Crippen molar-refractivity contribution in [2.75, 3.05) is 0 Å². The maximum atomic E-state index is 14.3. The van der Waals surface area contributed by atoms with Crippen LogP contribution in [0.1, 0.15) is 47.9 Å². The summed E-state index contributed by atoms with van der Waals surface area (Å²) < 4.78 is 700. The summed E-state index contributed by atoms with van der Waals surface area (Å²) in [5.74, 6) is -151. The molecule has 0 spiro atoms. The van der Waals surface area contributed by atoms with Gasteiger partial charge in [-0.15, -0.1) is 0 Å². The molecule has 0 aliphatic rings. The van der Waals surface area contributed by atoms with Crippen LogP contribution in [0.2, 0.25) is 0 Å². The van der Waals surface area contributed by atoms with Gasteiger partial charge in [0.05, 0.1) is 15.8 Å². The Hall–Kier alpha value is -6.19. The average molecular weight is 2180 g/mol. The van der Waals surface area contributed by atoms with Crippen LogP contribution in [-0.2, 0) is 42.2 Å². The van der Waals surface area contributed by atoms with E-state index in [4.69, 9.17) is 18.8 Å². The molecule has 6 aromatic carbocycles. The third-order valence-electron chi connectivity index (χ3n) is 18.0. The van der Waals surface area contributed by atoms with Gasteiger partial charge < -0.3 is 0 Å². The SMILES string of the molecule is FC(F)(F)C(F)(F)C(F)(F)C(F)(F)C(F)(F)C(F)(F)CCc1ccc([PH+](c2ccccc2)c2ccc(CCC(F)(F)C(F)(F)C(F)(F)C(F)(F)C(F)(F)C(F)(F)F)cc2)cc1.FC(F)(F)C(F)(F)C(F)(F)C(F)(F)C(F)(F)C(F)(F)CCc1ccc([PH+](c2ccccc2)c2ccc(CCC(F)(F)C(F)(F)C(F)(F)C(F)(F)C(F)(F)C(F)(F)F)cc2)cc1.[Cl][Pt][Cl]. The fourth-order valence-corrected chi connectivity index (χ4v) is 15.7. The molecule has 0 atom stereocenters. The molecule has 125 heavy (non-hydrogen) atoms. The van der Waals surface area contributed by atoms with E-state index in [0.29, 0.717) is 10.6 Å². The molecule has 0 aromatic heterocycles. The quantitative estimate of drug-likeness (QED) is 0.0279. The number of halogens is 54. The Balaban J connectivity index is 0.000000508. The molecule has 0 saturated carbocycles. The van der Waals surface area contributed by atoms with Gasteiger partial charge in [-0.1, -0.05) is 84.9 Å². The number of aryl methyl sites for hydroxylation is 4. The van der Waals surface area contributed by atoms with Crippen LogP contribution in [0.15, 0.2) is 158 Å². The Labute approximate surface area is 683 Å². The van der Waals surface area contributed by atoms with E-state index >= 15 is 0 Å². The van der Waals surface area contributed by atoms with Gasteiger partial charge in [-0.2, -0.15) is 228 Å². The van der Waals surface area contributed by atoms with Crippen molar-refractivity contribution in [2.45, 2.75) is 195 Å². The molecule has 57 heteroatoms. The molecule has 0 bridgehead atoms. The van der Waals surface area contributed by atoms with Gasteiger partial charge in [-0.3, -0.25) is 0 Å². The summed E-state index contributed by atoms with van der Waals surface area (Å²) in [6, 6.07) is 30.5. The van der Waals surface area contributed by atoms with E-state index in [1.54, 1.807) is 0 Å². The van der Waals surface area contributed by atoms with Crippen molar-refractivity contribution < 1.29 is 245 Å². The zero-order valence-electron chi connectivity index (χ0n) is 59.4. The van der Waals surface area contributed by atoms with Gasteiger partial charge in [0, 0.05) is 25.7 Å². The van der Waals surface area contributed by atoms with Gasteiger partial charge in [-0.05, 0) is 121 Å². The molecule has 0 unspecified atom stereocenters. The van der Waals surface area contributed by atoms with Crippen molar-refractivity contribution in [3.8, 4) is 0 Å². The van der Waals surface area contributed by atoms with Gasteiger partial charge >= 0.3 is 178 Å². The summed E-state index contributed by atoms with van der Waals surface area (Å²) in [5.41, 5.74) is -1.82. The van der Waals surface area contributed by atoms with E-state index in [2.05, 4.69) is 0 Å². The molecule has 0 aliphatic heterocycles. The van der Waals surface area contributed by atoms with Crippen molar-refractivity contribution in [2.24, 2.45) is 0 Å². The molecule has 0 radical (unpaired) electrons. The fourth-order valence-electron chi connectivity index (χ4n) is 10.6. The first-order valence-electron chi connectivity index (χ1n) is 32.5. The first kappa shape index (κ1) is 111. The van der Waals surface area contributed by atoms with Gasteiger partial charge in [0.2, 0.25) is 0 Å². The van der Waals surface area contributed by atoms with E-state index in [0.717, 1.165) is 97.1 Å². The van der Waals surface area contributed by atoms with E-state index in [-0.39, 0.29) is 21.2 Å². The number of benzene rings is 6. The standard InChI is InChI=1S/2C34H21F26P.2ClH.Pt/c2*35-23(36,25(39,40)27(43,44)29(47,48)31(51,52)33(55,56)57)16-14-18-6-10-21(11-7-18)61(20-4-2-1-3-5-20)22-12-8-19(9-13-22)15-17-24(37,38)26(41,42)28(45,46)30(49,50)32(53,54)34(58,59)60;;;/h2*1-13H,14-17H2;2*1H;/q;;;;+2. The molecular formula is C68H44Cl2F52P2Pt+2. The summed E-state index contributed by atoms with van der Waals surface area (Å²) in [7, 11) is 4.97. The van der Waals surface area contributed by atoms with Crippen molar-refractivity contribution in [3.05, 3.63) is 180 Å². The minimum atomic E-state index is -8.08. The van der Waals surface area contributed by atoms with E-state index in [1.807, 2.05) is 0 Å². The summed E-state index contributed by atoms with van der Waals surface area (Å²) in [4.78, 5) is 0. The van der Waals surface area contributed by atoms with Crippen LogP contribution in [0.4, 0.5) is 228 Å². The molecule has 0 heterocycles. The van der Waals surface area contributed by atoms with Gasteiger partial charge in [0.25, 0.3) is 0 Å². The van der Waals surface area contributed by atoms with Crippen LogP contribution in [0.5, 0.6) is 0 Å². The topological polar surface area (TPSA) is 0 Å². The van der Waals surface area contributed by atoms with Crippen LogP contribution < -0.4 is 31.8 Å². The van der Waals surface area contributed by atoms with E-state index < -0.39 is 249 Å². The first-order valence-corrected chi connectivity index (χ1v) is 41.1. The van der Waals surface area contributed by atoms with Crippen LogP contribution in [0.3, 0.4) is 0 Å². The molecule has 0 aliphatic carbocycles. The van der Waals surface area contributed by atoms with Gasteiger partial charge in [0.1, 0.15) is 31.8 Å². The van der Waals surface area contributed by atoms with Crippen LogP contribution in [-0.4, -0.2) is 143 Å². The second-order valence-electron chi connectivity index (χ2n) is 26.3. The van der Waals surface area contributed by atoms with Crippen molar-refractivity contribution in [1.82, 2.24) is 0 Å². The van der Waals surface area contributed by atoms with Crippen LogP contribution >= 0.6 is 34.7 Å². The molecule has 0 amide bonds. The van der Waals surface area contributed by atoms with Crippen molar-refractivity contribution in [1.29, 1.82) is 0 Å². The number of alkyl halides is 52. The van der Waals surface area contributed by atoms with Crippen molar-refractivity contribution in [3.63, 3.8) is 0 Å². The summed E-state index contributed by atoms with van der Waals surface area (Å²) in [6.45, 7) is 0. The molecule has 712 valence electrons. The van der Waals surface area contributed by atoms with Gasteiger partial charge in [0.15, 0.2) is 0 Å². The molecule has 0 fully saturated rings.